The highest BCUT2D eigenvalue weighted by Gasteiger charge is 2.13. The zero-order valence-corrected chi connectivity index (χ0v) is 16.8. The van der Waals surface area contributed by atoms with Crippen molar-refractivity contribution >= 4 is 23.3 Å². The molecule has 29 heavy (non-hydrogen) atoms. The van der Waals surface area contributed by atoms with E-state index in [0.717, 1.165) is 18.7 Å². The first kappa shape index (κ1) is 20.3. The summed E-state index contributed by atoms with van der Waals surface area (Å²) >= 11 is 0. The number of esters is 1. The third-order valence-corrected chi connectivity index (χ3v) is 4.22. The summed E-state index contributed by atoms with van der Waals surface area (Å²) in [5.74, 6) is 1.48. The van der Waals surface area contributed by atoms with Crippen molar-refractivity contribution in [3.8, 4) is 11.4 Å². The van der Waals surface area contributed by atoms with Crippen molar-refractivity contribution in [1.29, 1.82) is 0 Å². The number of ether oxygens (including phenoxy) is 1. The summed E-state index contributed by atoms with van der Waals surface area (Å²) < 4.78 is 4.88. The van der Waals surface area contributed by atoms with Gasteiger partial charge in [0.1, 0.15) is 11.6 Å². The van der Waals surface area contributed by atoms with E-state index in [1.54, 1.807) is 12.1 Å². The number of hydrogen-bond donors (Lipinski definition) is 2. The number of aromatic nitrogens is 2. The molecule has 0 radical (unpaired) electrons. The highest BCUT2D eigenvalue weighted by Crippen LogP contribution is 2.25. The van der Waals surface area contributed by atoms with Gasteiger partial charge in [-0.1, -0.05) is 42.5 Å². The van der Waals surface area contributed by atoms with Gasteiger partial charge in [-0.05, 0) is 26.2 Å². The summed E-state index contributed by atoms with van der Waals surface area (Å²) in [6.45, 7) is 1.62. The Labute approximate surface area is 170 Å². The molecule has 0 aliphatic heterocycles. The largest absolute Gasteiger partial charge is 0.465 e. The highest BCUT2D eigenvalue weighted by molar-refractivity contribution is 5.96. The number of likely N-dealkylation sites (N-methyl/N-ethyl adjacent to an activating group) is 1. The van der Waals surface area contributed by atoms with Crippen LogP contribution in [-0.4, -0.2) is 55.1 Å². The maximum absolute atomic E-state index is 12.1. The molecule has 0 saturated heterocycles. The summed E-state index contributed by atoms with van der Waals surface area (Å²) in [6.07, 6.45) is 0. The normalized spacial score (nSPS) is 10.6. The number of anilines is 3. The standard InChI is InChI=1S/C22H25N5O2/c1-27(2)14-13-23-19-15-20(26-21(25-19)16-9-5-4-6-10-16)24-18-12-8-7-11-17(18)22(28)29-3/h4-12,15H,13-14H2,1-3H3,(H2,23,24,25,26). The van der Waals surface area contributed by atoms with Crippen molar-refractivity contribution in [2.24, 2.45) is 0 Å². The zero-order chi connectivity index (χ0) is 20.6. The molecule has 0 amide bonds. The van der Waals surface area contributed by atoms with E-state index >= 15 is 0 Å². The molecule has 1 heterocycles. The van der Waals surface area contributed by atoms with Crippen molar-refractivity contribution < 1.29 is 9.53 Å². The second-order valence-electron chi connectivity index (χ2n) is 6.72. The molecule has 3 rings (SSSR count). The Kier molecular flexibility index (Phi) is 6.76. The Hall–Kier alpha value is -3.45. The molecule has 2 aromatic carbocycles. The number of benzene rings is 2. The second-order valence-corrected chi connectivity index (χ2v) is 6.72. The summed E-state index contributed by atoms with van der Waals surface area (Å²) in [7, 11) is 5.41. The minimum atomic E-state index is -0.408. The predicted octanol–water partition coefficient (Wildman–Crippen LogP) is 3.65. The molecule has 0 fully saturated rings. The molecule has 7 heteroatoms. The second kappa shape index (κ2) is 9.66. The van der Waals surface area contributed by atoms with Crippen LogP contribution >= 0.6 is 0 Å². The molecule has 0 aliphatic rings. The van der Waals surface area contributed by atoms with Crippen molar-refractivity contribution in [2.75, 3.05) is 44.9 Å². The number of carbonyl (C=O) groups is 1. The SMILES string of the molecule is COC(=O)c1ccccc1Nc1cc(NCCN(C)C)nc(-c2ccccc2)n1. The molecule has 3 aromatic rings. The van der Waals surface area contributed by atoms with Crippen LogP contribution in [0.5, 0.6) is 0 Å². The smallest absolute Gasteiger partial charge is 0.339 e. The Balaban J connectivity index is 1.94. The lowest BCUT2D eigenvalue weighted by molar-refractivity contribution is 0.0602. The van der Waals surface area contributed by atoms with Crippen LogP contribution in [0.25, 0.3) is 11.4 Å². The Bertz CT molecular complexity index is 960. The van der Waals surface area contributed by atoms with Gasteiger partial charge in [-0.25, -0.2) is 14.8 Å². The van der Waals surface area contributed by atoms with Gasteiger partial charge in [0.25, 0.3) is 0 Å². The maximum Gasteiger partial charge on any atom is 0.339 e. The van der Waals surface area contributed by atoms with Gasteiger partial charge in [-0.15, -0.1) is 0 Å². The Morgan fingerprint density at radius 3 is 2.41 bits per heavy atom. The van der Waals surface area contributed by atoms with Crippen LogP contribution in [0.4, 0.5) is 17.3 Å². The third kappa shape index (κ3) is 5.52. The lowest BCUT2D eigenvalue weighted by atomic mass is 10.2. The fourth-order valence-electron chi connectivity index (χ4n) is 2.74. The number of carbonyl (C=O) groups excluding carboxylic acids is 1. The highest BCUT2D eigenvalue weighted by atomic mass is 16.5. The first-order valence-corrected chi connectivity index (χ1v) is 9.34. The molecule has 7 nitrogen and oxygen atoms in total. The fourth-order valence-corrected chi connectivity index (χ4v) is 2.74. The fraction of sp³-hybridized carbons (Fsp3) is 0.227. The van der Waals surface area contributed by atoms with Crippen molar-refractivity contribution in [1.82, 2.24) is 14.9 Å². The number of hydrogen-bond acceptors (Lipinski definition) is 7. The molecule has 0 atom stereocenters. The lowest BCUT2D eigenvalue weighted by Crippen LogP contribution is -2.21. The molecule has 150 valence electrons. The van der Waals surface area contributed by atoms with Crippen LogP contribution in [0.2, 0.25) is 0 Å². The molecule has 0 saturated carbocycles. The molecule has 0 bridgehead atoms. The maximum atomic E-state index is 12.1. The average molecular weight is 391 g/mol. The van der Waals surface area contributed by atoms with Crippen LogP contribution in [0.3, 0.4) is 0 Å². The first-order chi connectivity index (χ1) is 14.1. The molecule has 0 aliphatic carbocycles. The monoisotopic (exact) mass is 391 g/mol. The van der Waals surface area contributed by atoms with Crippen LogP contribution in [0.15, 0.2) is 60.7 Å². The number of nitrogens with zero attached hydrogens (tertiary/aromatic N) is 3. The minimum absolute atomic E-state index is 0.408. The molecule has 1 aromatic heterocycles. The molecule has 0 spiro atoms. The van der Waals surface area contributed by atoms with Gasteiger partial charge >= 0.3 is 5.97 Å². The van der Waals surface area contributed by atoms with Crippen molar-refractivity contribution in [3.63, 3.8) is 0 Å². The molecular weight excluding hydrogens is 366 g/mol. The van der Waals surface area contributed by atoms with E-state index in [0.29, 0.717) is 28.7 Å². The number of para-hydroxylation sites is 1. The van der Waals surface area contributed by atoms with Crippen LogP contribution in [-0.2, 0) is 4.74 Å². The van der Waals surface area contributed by atoms with E-state index < -0.39 is 5.97 Å². The average Bonchev–Trinajstić information content (AvgIpc) is 2.74. The van der Waals surface area contributed by atoms with Gasteiger partial charge in [0.2, 0.25) is 0 Å². The van der Waals surface area contributed by atoms with Gasteiger partial charge < -0.3 is 20.3 Å². The number of rotatable bonds is 8. The van der Waals surface area contributed by atoms with E-state index in [2.05, 4.69) is 25.5 Å². The third-order valence-electron chi connectivity index (χ3n) is 4.22. The summed E-state index contributed by atoms with van der Waals surface area (Å²) in [5, 5.41) is 6.57. The van der Waals surface area contributed by atoms with E-state index in [1.165, 1.54) is 7.11 Å². The van der Waals surface area contributed by atoms with Gasteiger partial charge in [0.15, 0.2) is 5.82 Å². The van der Waals surface area contributed by atoms with E-state index in [9.17, 15) is 4.79 Å². The zero-order valence-electron chi connectivity index (χ0n) is 16.8. The summed E-state index contributed by atoms with van der Waals surface area (Å²) in [6, 6.07) is 18.8. The van der Waals surface area contributed by atoms with Crippen LogP contribution in [0, 0.1) is 0 Å². The van der Waals surface area contributed by atoms with E-state index in [4.69, 9.17) is 4.74 Å². The first-order valence-electron chi connectivity index (χ1n) is 9.34. The Morgan fingerprint density at radius 2 is 1.69 bits per heavy atom. The lowest BCUT2D eigenvalue weighted by Gasteiger charge is -2.14. The molecule has 0 unspecified atom stereocenters. The van der Waals surface area contributed by atoms with Crippen LogP contribution in [0.1, 0.15) is 10.4 Å². The van der Waals surface area contributed by atoms with Gasteiger partial charge in [0.05, 0.1) is 18.4 Å². The summed E-state index contributed by atoms with van der Waals surface area (Å²) in [4.78, 5) is 23.5. The topological polar surface area (TPSA) is 79.4 Å². The number of nitrogens with one attached hydrogen (secondary N) is 2. The summed E-state index contributed by atoms with van der Waals surface area (Å²) in [5.41, 5.74) is 1.97. The Morgan fingerprint density at radius 1 is 1.00 bits per heavy atom. The van der Waals surface area contributed by atoms with E-state index in [-0.39, 0.29) is 0 Å². The number of methoxy groups -OCH3 is 1. The van der Waals surface area contributed by atoms with Crippen LogP contribution < -0.4 is 10.6 Å². The van der Waals surface area contributed by atoms with Gasteiger partial charge in [0, 0.05) is 24.7 Å². The molecule has 2 N–H and O–H groups in total. The van der Waals surface area contributed by atoms with Gasteiger partial charge in [-0.2, -0.15) is 0 Å². The van der Waals surface area contributed by atoms with Gasteiger partial charge in [-0.3, -0.25) is 0 Å². The molecular formula is C22H25N5O2. The van der Waals surface area contributed by atoms with Crippen molar-refractivity contribution in [2.45, 2.75) is 0 Å². The minimum Gasteiger partial charge on any atom is -0.465 e. The predicted molar refractivity (Wildman–Crippen MR) is 116 cm³/mol. The van der Waals surface area contributed by atoms with E-state index in [1.807, 2.05) is 62.6 Å². The quantitative estimate of drug-likeness (QED) is 0.568. The van der Waals surface area contributed by atoms with Crippen molar-refractivity contribution in [3.05, 3.63) is 66.2 Å².